The molecule has 0 aliphatic heterocycles. The molecule has 0 bridgehead atoms. The summed E-state index contributed by atoms with van der Waals surface area (Å²) in [6.45, 7) is 3.03. The Hall–Kier alpha value is -0.650. The van der Waals surface area contributed by atoms with Crippen molar-refractivity contribution in [1.82, 2.24) is 10.2 Å². The minimum atomic E-state index is -0.683. The Morgan fingerprint density at radius 3 is 2.69 bits per heavy atom. The molecule has 5 nitrogen and oxygen atoms in total. The van der Waals surface area contributed by atoms with Crippen molar-refractivity contribution >= 4 is 5.97 Å². The van der Waals surface area contributed by atoms with Gasteiger partial charge in [0, 0.05) is 19.1 Å². The smallest absolute Gasteiger partial charge is 0.308 e. The number of likely N-dealkylation sites (N-methyl/N-ethyl adjacent to an activating group) is 1. The molecule has 0 aromatic heterocycles. The van der Waals surface area contributed by atoms with E-state index in [0.717, 1.165) is 32.5 Å². The fourth-order valence-electron chi connectivity index (χ4n) is 1.71. The van der Waals surface area contributed by atoms with E-state index < -0.39 is 5.97 Å². The van der Waals surface area contributed by atoms with E-state index in [2.05, 4.69) is 10.2 Å². The van der Waals surface area contributed by atoms with Crippen molar-refractivity contribution in [2.45, 2.75) is 18.9 Å². The Labute approximate surface area is 96.8 Å². The van der Waals surface area contributed by atoms with Crippen LogP contribution in [0.15, 0.2) is 0 Å². The second-order valence-corrected chi connectivity index (χ2v) is 4.50. The topological polar surface area (TPSA) is 61.8 Å². The largest absolute Gasteiger partial charge is 0.481 e. The van der Waals surface area contributed by atoms with Gasteiger partial charge < -0.3 is 20.1 Å². The Bertz CT molecular complexity index is 221. The first-order valence-electron chi connectivity index (χ1n) is 5.80. The average Bonchev–Trinajstić information content (AvgIpc) is 2.13. The van der Waals surface area contributed by atoms with Crippen LogP contribution in [0, 0.1) is 5.92 Å². The summed E-state index contributed by atoms with van der Waals surface area (Å²) in [6.07, 6.45) is 1.77. The van der Waals surface area contributed by atoms with E-state index in [4.69, 9.17) is 9.84 Å². The number of ether oxygens (including phenoxy) is 1. The number of carbonyl (C=O) groups is 1. The van der Waals surface area contributed by atoms with Crippen molar-refractivity contribution in [2.24, 2.45) is 5.92 Å². The lowest BCUT2D eigenvalue weighted by Gasteiger charge is -2.34. The maximum Gasteiger partial charge on any atom is 0.308 e. The molecule has 94 valence electrons. The van der Waals surface area contributed by atoms with Gasteiger partial charge in [-0.15, -0.1) is 0 Å². The molecule has 0 amide bonds. The molecule has 0 aromatic rings. The molecule has 1 saturated carbocycles. The minimum Gasteiger partial charge on any atom is -0.481 e. The van der Waals surface area contributed by atoms with E-state index in [1.165, 1.54) is 0 Å². The molecule has 1 aliphatic carbocycles. The molecule has 5 heteroatoms. The second kappa shape index (κ2) is 6.83. The van der Waals surface area contributed by atoms with Crippen LogP contribution in [0.4, 0.5) is 0 Å². The summed E-state index contributed by atoms with van der Waals surface area (Å²) in [4.78, 5) is 12.8. The van der Waals surface area contributed by atoms with Crippen LogP contribution >= 0.6 is 0 Å². The fraction of sp³-hybridized carbons (Fsp3) is 0.909. The molecule has 1 aliphatic rings. The molecule has 0 spiro atoms. The highest BCUT2D eigenvalue weighted by atomic mass is 16.5. The van der Waals surface area contributed by atoms with Gasteiger partial charge in [-0.05, 0) is 26.9 Å². The quantitative estimate of drug-likeness (QED) is 0.576. The number of aliphatic carboxylic acids is 1. The summed E-state index contributed by atoms with van der Waals surface area (Å²) in [7, 11) is 4.01. The summed E-state index contributed by atoms with van der Waals surface area (Å²) < 4.78 is 5.41. The number of hydrogen-bond acceptors (Lipinski definition) is 4. The highest BCUT2D eigenvalue weighted by molar-refractivity contribution is 5.72. The van der Waals surface area contributed by atoms with Gasteiger partial charge in [0.2, 0.25) is 0 Å². The number of hydrogen-bond donors (Lipinski definition) is 2. The van der Waals surface area contributed by atoms with Crippen LogP contribution in [0.25, 0.3) is 0 Å². The maximum absolute atomic E-state index is 10.7. The van der Waals surface area contributed by atoms with Crippen molar-refractivity contribution in [3.05, 3.63) is 0 Å². The summed E-state index contributed by atoms with van der Waals surface area (Å²) in [6, 6.07) is 0.148. The van der Waals surface area contributed by atoms with Crippen LogP contribution in [0.3, 0.4) is 0 Å². The van der Waals surface area contributed by atoms with Gasteiger partial charge in [-0.3, -0.25) is 4.79 Å². The molecule has 2 unspecified atom stereocenters. The third-order valence-electron chi connectivity index (χ3n) is 2.93. The first-order valence-corrected chi connectivity index (χ1v) is 5.80. The van der Waals surface area contributed by atoms with E-state index in [-0.39, 0.29) is 12.0 Å². The van der Waals surface area contributed by atoms with Crippen LogP contribution in [0.2, 0.25) is 0 Å². The van der Waals surface area contributed by atoms with Crippen LogP contribution in [0.5, 0.6) is 0 Å². The highest BCUT2D eigenvalue weighted by Gasteiger charge is 2.35. The van der Waals surface area contributed by atoms with Gasteiger partial charge in [0.15, 0.2) is 0 Å². The Morgan fingerprint density at radius 2 is 2.19 bits per heavy atom. The molecule has 2 atom stereocenters. The lowest BCUT2D eigenvalue weighted by Crippen LogP contribution is -2.48. The average molecular weight is 230 g/mol. The van der Waals surface area contributed by atoms with E-state index in [1.807, 2.05) is 14.1 Å². The summed E-state index contributed by atoms with van der Waals surface area (Å²) in [5, 5.41) is 12.0. The van der Waals surface area contributed by atoms with Crippen LogP contribution in [-0.4, -0.2) is 62.4 Å². The van der Waals surface area contributed by atoms with Gasteiger partial charge in [-0.2, -0.15) is 0 Å². The number of rotatable bonds is 8. The molecule has 1 fully saturated rings. The Morgan fingerprint density at radius 1 is 1.44 bits per heavy atom. The normalized spacial score (nSPS) is 24.4. The van der Waals surface area contributed by atoms with E-state index in [0.29, 0.717) is 6.61 Å². The Kier molecular flexibility index (Phi) is 5.73. The zero-order valence-electron chi connectivity index (χ0n) is 10.1. The number of nitrogens with one attached hydrogen (secondary N) is 1. The van der Waals surface area contributed by atoms with E-state index in [1.54, 1.807) is 0 Å². The third-order valence-corrected chi connectivity index (χ3v) is 2.93. The monoisotopic (exact) mass is 230 g/mol. The number of carboxylic acid groups (broad SMARTS) is 1. The van der Waals surface area contributed by atoms with E-state index >= 15 is 0 Å². The van der Waals surface area contributed by atoms with Crippen molar-refractivity contribution in [2.75, 3.05) is 40.4 Å². The molecule has 0 heterocycles. The van der Waals surface area contributed by atoms with Crippen molar-refractivity contribution < 1.29 is 14.6 Å². The number of carboxylic acids is 1. The maximum atomic E-state index is 10.7. The zero-order valence-corrected chi connectivity index (χ0v) is 10.1. The SMILES string of the molecule is CN(C)CCOCCNC1CCC1C(=O)O. The van der Waals surface area contributed by atoms with Gasteiger partial charge in [0.05, 0.1) is 19.1 Å². The van der Waals surface area contributed by atoms with E-state index in [9.17, 15) is 4.79 Å². The standard InChI is InChI=1S/C11H22N2O3/c1-13(2)6-8-16-7-5-12-10-4-3-9(10)11(14)15/h9-10,12H,3-8H2,1-2H3,(H,14,15). The van der Waals surface area contributed by atoms with Crippen molar-refractivity contribution in [1.29, 1.82) is 0 Å². The van der Waals surface area contributed by atoms with Gasteiger partial charge in [-0.25, -0.2) is 0 Å². The van der Waals surface area contributed by atoms with Crippen LogP contribution in [-0.2, 0) is 9.53 Å². The van der Waals surface area contributed by atoms with Gasteiger partial charge >= 0.3 is 5.97 Å². The summed E-state index contributed by atoms with van der Waals surface area (Å²) in [5.41, 5.74) is 0. The lowest BCUT2D eigenvalue weighted by molar-refractivity contribution is -0.146. The third kappa shape index (κ3) is 4.47. The van der Waals surface area contributed by atoms with Crippen LogP contribution < -0.4 is 5.32 Å². The summed E-state index contributed by atoms with van der Waals surface area (Å²) in [5.74, 6) is -0.876. The van der Waals surface area contributed by atoms with Gasteiger partial charge in [-0.1, -0.05) is 0 Å². The molecule has 0 aromatic carbocycles. The molecule has 0 saturated heterocycles. The predicted molar refractivity (Wildman–Crippen MR) is 61.5 cm³/mol. The number of nitrogens with zero attached hydrogens (tertiary/aromatic N) is 1. The summed E-state index contributed by atoms with van der Waals surface area (Å²) >= 11 is 0. The molecule has 2 N–H and O–H groups in total. The second-order valence-electron chi connectivity index (χ2n) is 4.50. The first-order chi connectivity index (χ1) is 7.61. The molecular weight excluding hydrogens is 208 g/mol. The highest BCUT2D eigenvalue weighted by Crippen LogP contribution is 2.27. The zero-order chi connectivity index (χ0) is 12.0. The van der Waals surface area contributed by atoms with Crippen LogP contribution in [0.1, 0.15) is 12.8 Å². The fourth-order valence-corrected chi connectivity index (χ4v) is 1.71. The van der Waals surface area contributed by atoms with Gasteiger partial charge in [0.25, 0.3) is 0 Å². The lowest BCUT2D eigenvalue weighted by atomic mass is 9.79. The Balaban J connectivity index is 1.94. The molecule has 1 rings (SSSR count). The molecule has 16 heavy (non-hydrogen) atoms. The molecular formula is C11H22N2O3. The van der Waals surface area contributed by atoms with Crippen molar-refractivity contribution in [3.63, 3.8) is 0 Å². The van der Waals surface area contributed by atoms with Crippen molar-refractivity contribution in [3.8, 4) is 0 Å². The first kappa shape index (κ1) is 13.4. The molecule has 0 radical (unpaired) electrons. The minimum absolute atomic E-state index is 0.148. The van der Waals surface area contributed by atoms with Gasteiger partial charge in [0.1, 0.15) is 0 Å². The predicted octanol–water partition coefficient (Wildman–Crippen LogP) is 0.0174.